The van der Waals surface area contributed by atoms with Crippen molar-refractivity contribution in [1.29, 1.82) is 0 Å². The third-order valence-electron chi connectivity index (χ3n) is 5.73. The van der Waals surface area contributed by atoms with Gasteiger partial charge in [-0.1, -0.05) is 18.2 Å². The van der Waals surface area contributed by atoms with E-state index in [2.05, 4.69) is 45.4 Å². The molecule has 1 aliphatic carbocycles. The van der Waals surface area contributed by atoms with Crippen LogP contribution in [0.15, 0.2) is 54.0 Å². The maximum atomic E-state index is 10.7. The summed E-state index contributed by atoms with van der Waals surface area (Å²) >= 11 is 1.63. The number of hydrogen-bond acceptors (Lipinski definition) is 7. The van der Waals surface area contributed by atoms with Crippen LogP contribution in [0.1, 0.15) is 37.2 Å². The van der Waals surface area contributed by atoms with Crippen LogP contribution in [0.4, 0.5) is 5.82 Å². The molecule has 0 amide bonds. The van der Waals surface area contributed by atoms with E-state index in [0.717, 1.165) is 51.3 Å². The molecule has 6 nitrogen and oxygen atoms in total. The minimum absolute atomic E-state index is 0.0367. The summed E-state index contributed by atoms with van der Waals surface area (Å²) in [6.45, 7) is 4.01. The van der Waals surface area contributed by atoms with Crippen LogP contribution >= 0.6 is 11.3 Å². The van der Waals surface area contributed by atoms with Gasteiger partial charge in [-0.05, 0) is 50.1 Å². The Bertz CT molecular complexity index is 1270. The highest BCUT2D eigenvalue weighted by Crippen LogP contribution is 2.37. The first-order chi connectivity index (χ1) is 15.6. The van der Waals surface area contributed by atoms with Crippen LogP contribution in [0.3, 0.4) is 0 Å². The number of aryl methyl sites for hydroxylation is 1. The first kappa shape index (κ1) is 20.6. The van der Waals surface area contributed by atoms with Crippen molar-refractivity contribution in [3.63, 3.8) is 0 Å². The zero-order valence-electron chi connectivity index (χ0n) is 18.0. The van der Waals surface area contributed by atoms with Crippen LogP contribution in [0.25, 0.3) is 21.5 Å². The zero-order valence-corrected chi connectivity index (χ0v) is 18.8. The lowest BCUT2D eigenvalue weighted by Crippen LogP contribution is -2.10. The Hall–Kier alpha value is -3.32. The number of anilines is 1. The number of rotatable bonds is 8. The second-order valence-corrected chi connectivity index (χ2v) is 9.10. The molecule has 0 aliphatic heterocycles. The van der Waals surface area contributed by atoms with E-state index in [1.165, 1.54) is 0 Å². The molecule has 1 fully saturated rings. The molecule has 5 rings (SSSR count). The second kappa shape index (κ2) is 8.67. The van der Waals surface area contributed by atoms with Crippen molar-refractivity contribution in [3.05, 3.63) is 65.4 Å². The van der Waals surface area contributed by atoms with Gasteiger partial charge in [0.15, 0.2) is 0 Å². The van der Waals surface area contributed by atoms with E-state index in [-0.39, 0.29) is 12.1 Å². The molecule has 4 aromatic rings. The predicted octanol–water partition coefficient (Wildman–Crippen LogP) is 5.59. The van der Waals surface area contributed by atoms with Gasteiger partial charge in [-0.2, -0.15) is 0 Å². The molecule has 0 saturated heterocycles. The molecule has 2 aromatic heterocycles. The Morgan fingerprint density at radius 2 is 2.12 bits per heavy atom. The van der Waals surface area contributed by atoms with E-state index < -0.39 is 0 Å². The van der Waals surface area contributed by atoms with Gasteiger partial charge in [0.1, 0.15) is 29.8 Å². The lowest BCUT2D eigenvalue weighted by Gasteiger charge is -2.17. The van der Waals surface area contributed by atoms with Crippen molar-refractivity contribution in [2.24, 2.45) is 5.92 Å². The third kappa shape index (κ3) is 4.48. The van der Waals surface area contributed by atoms with Gasteiger partial charge in [0.25, 0.3) is 0 Å². The van der Waals surface area contributed by atoms with Crippen LogP contribution in [-0.2, 0) is 4.79 Å². The number of aromatic nitrogens is 3. The molecule has 0 radical (unpaired) electrons. The number of aldehydes is 1. The number of hydrogen-bond donors (Lipinski definition) is 1. The maximum Gasteiger partial charge on any atom is 0.130 e. The predicted molar refractivity (Wildman–Crippen MR) is 127 cm³/mol. The largest absolute Gasteiger partial charge is 0.490 e. The smallest absolute Gasteiger partial charge is 0.130 e. The highest BCUT2D eigenvalue weighted by Gasteiger charge is 2.38. The fourth-order valence-corrected chi connectivity index (χ4v) is 4.59. The zero-order chi connectivity index (χ0) is 22.1. The number of carbonyl (C=O) groups excluding carboxylic acids is 1. The summed E-state index contributed by atoms with van der Waals surface area (Å²) in [5, 5.41) is 3.50. The summed E-state index contributed by atoms with van der Waals surface area (Å²) in [7, 11) is 0. The summed E-state index contributed by atoms with van der Waals surface area (Å²) in [6.07, 6.45) is 2.66. The topological polar surface area (TPSA) is 77.0 Å². The second-order valence-electron chi connectivity index (χ2n) is 8.21. The normalized spacial score (nSPS) is 18.3. The summed E-state index contributed by atoms with van der Waals surface area (Å²) in [4.78, 5) is 24.3. The van der Waals surface area contributed by atoms with Gasteiger partial charge in [-0.15, -0.1) is 11.3 Å². The van der Waals surface area contributed by atoms with Gasteiger partial charge in [0, 0.05) is 24.0 Å². The minimum atomic E-state index is 0.0367. The van der Waals surface area contributed by atoms with Crippen LogP contribution in [0, 0.1) is 12.8 Å². The van der Waals surface area contributed by atoms with Crippen molar-refractivity contribution < 1.29 is 9.53 Å². The Labute approximate surface area is 190 Å². The maximum absolute atomic E-state index is 10.7. The highest BCUT2D eigenvalue weighted by atomic mass is 32.1. The molecular weight excluding hydrogens is 420 g/mol. The van der Waals surface area contributed by atoms with Crippen LogP contribution in [0.5, 0.6) is 5.75 Å². The van der Waals surface area contributed by atoms with Gasteiger partial charge in [0.2, 0.25) is 0 Å². The summed E-state index contributed by atoms with van der Waals surface area (Å²) < 4.78 is 7.18. The van der Waals surface area contributed by atoms with Gasteiger partial charge >= 0.3 is 0 Å². The number of carbonyl (C=O) groups is 1. The minimum Gasteiger partial charge on any atom is -0.490 e. The molecular formula is C25H24N4O2S. The molecule has 7 heteroatoms. The lowest BCUT2D eigenvalue weighted by molar-refractivity contribution is -0.108. The van der Waals surface area contributed by atoms with Crippen molar-refractivity contribution in [1.82, 2.24) is 15.0 Å². The molecule has 2 aromatic carbocycles. The van der Waals surface area contributed by atoms with Crippen molar-refractivity contribution in [3.8, 4) is 17.0 Å². The molecule has 1 N–H and O–H groups in total. The van der Waals surface area contributed by atoms with Crippen molar-refractivity contribution in [2.75, 3.05) is 5.32 Å². The van der Waals surface area contributed by atoms with Crippen molar-refractivity contribution in [2.45, 2.75) is 38.8 Å². The quantitative estimate of drug-likeness (QED) is 0.357. The Kier molecular flexibility index (Phi) is 5.57. The molecule has 0 spiro atoms. The molecule has 3 atom stereocenters. The molecule has 162 valence electrons. The summed E-state index contributed by atoms with van der Waals surface area (Å²) in [6, 6.07) is 16.3. The number of nitrogens with one attached hydrogen (secondary N) is 1. The molecule has 1 saturated carbocycles. The number of benzene rings is 2. The summed E-state index contributed by atoms with van der Waals surface area (Å²) in [5.41, 5.74) is 5.90. The average molecular weight is 445 g/mol. The molecule has 32 heavy (non-hydrogen) atoms. The van der Waals surface area contributed by atoms with Gasteiger partial charge in [-0.3, -0.25) is 0 Å². The monoisotopic (exact) mass is 444 g/mol. The number of ether oxygens (including phenoxy) is 1. The van der Waals surface area contributed by atoms with Gasteiger partial charge in [-0.25, -0.2) is 15.0 Å². The van der Waals surface area contributed by atoms with E-state index in [9.17, 15) is 4.79 Å². The average Bonchev–Trinajstić information content (AvgIpc) is 3.32. The SMILES string of the molecule is Cc1nc(NC(C)c2cccc(OC3CC3CC=O)c2)cc(-c2ccc3ncsc3c2)n1. The van der Waals surface area contributed by atoms with Gasteiger partial charge < -0.3 is 14.8 Å². The molecule has 1 aliphatic rings. The Morgan fingerprint density at radius 1 is 1.22 bits per heavy atom. The van der Waals surface area contributed by atoms with E-state index in [4.69, 9.17) is 4.74 Å². The molecule has 2 heterocycles. The number of thiazole rings is 1. The standard InChI is InChI=1S/C25H24N4O2S/c1-15(17-4-3-5-20(10-17)31-23-11-19(23)8-9-30)27-25-13-22(28-16(2)29-25)18-6-7-21-24(12-18)32-14-26-21/h3-7,9-10,12-15,19,23H,8,11H2,1-2H3,(H,27,28,29). The summed E-state index contributed by atoms with van der Waals surface area (Å²) in [5.74, 6) is 2.70. The van der Waals surface area contributed by atoms with E-state index in [1.807, 2.05) is 42.8 Å². The van der Waals surface area contributed by atoms with Crippen LogP contribution in [0.2, 0.25) is 0 Å². The Balaban J connectivity index is 1.32. The third-order valence-corrected chi connectivity index (χ3v) is 6.52. The first-order valence-electron chi connectivity index (χ1n) is 10.7. The van der Waals surface area contributed by atoms with E-state index in [0.29, 0.717) is 18.2 Å². The number of nitrogens with zero attached hydrogens (tertiary/aromatic N) is 3. The molecule has 3 unspecified atom stereocenters. The fourth-order valence-electron chi connectivity index (χ4n) is 3.88. The van der Waals surface area contributed by atoms with Crippen molar-refractivity contribution >= 4 is 33.7 Å². The van der Waals surface area contributed by atoms with Gasteiger partial charge in [0.05, 0.1) is 27.5 Å². The van der Waals surface area contributed by atoms with E-state index in [1.54, 1.807) is 11.3 Å². The van der Waals surface area contributed by atoms with E-state index >= 15 is 0 Å². The number of fused-ring (bicyclic) bond motifs is 1. The molecule has 0 bridgehead atoms. The highest BCUT2D eigenvalue weighted by molar-refractivity contribution is 7.16. The first-order valence-corrected chi connectivity index (χ1v) is 11.6. The lowest BCUT2D eigenvalue weighted by atomic mass is 10.1. The van der Waals surface area contributed by atoms with Crippen LogP contribution < -0.4 is 10.1 Å². The Morgan fingerprint density at radius 3 is 3.00 bits per heavy atom. The van der Waals surface area contributed by atoms with Crippen LogP contribution in [-0.4, -0.2) is 27.3 Å². The fraction of sp³-hybridized carbons (Fsp3) is 0.280.